The minimum Gasteiger partial charge on any atom is -0.381 e. The Bertz CT molecular complexity index is 329. The highest BCUT2D eigenvalue weighted by molar-refractivity contribution is 5.30. The second-order valence-corrected chi connectivity index (χ2v) is 5.40. The molecule has 1 unspecified atom stereocenters. The van der Waals surface area contributed by atoms with Crippen LogP contribution in [-0.2, 0) is 5.41 Å². The summed E-state index contributed by atoms with van der Waals surface area (Å²) in [5.74, 6) is 0.628. The van der Waals surface area contributed by atoms with Gasteiger partial charge in [0.15, 0.2) is 0 Å². The van der Waals surface area contributed by atoms with Gasteiger partial charge in [-0.2, -0.15) is 0 Å². The third-order valence-electron chi connectivity index (χ3n) is 3.55. The van der Waals surface area contributed by atoms with Gasteiger partial charge < -0.3 is 5.11 Å². The molecular formula is C15H25NO. The standard InChI is InChI=1S/C15H25NO/c1-5-12(2)13-6-8-14(9-7-13)15(3,4)10-16-11-17/h6-9,12,16-17H,5,10-11H2,1-4H3. The van der Waals surface area contributed by atoms with Crippen molar-refractivity contribution in [3.05, 3.63) is 35.4 Å². The Balaban J connectivity index is 2.79. The van der Waals surface area contributed by atoms with Crippen molar-refractivity contribution < 1.29 is 5.11 Å². The predicted octanol–water partition coefficient (Wildman–Crippen LogP) is 3.02. The highest BCUT2D eigenvalue weighted by atomic mass is 16.3. The molecule has 0 saturated heterocycles. The van der Waals surface area contributed by atoms with Gasteiger partial charge in [-0.05, 0) is 23.5 Å². The predicted molar refractivity (Wildman–Crippen MR) is 73.3 cm³/mol. The fourth-order valence-electron chi connectivity index (χ4n) is 1.97. The number of hydrogen-bond donors (Lipinski definition) is 2. The summed E-state index contributed by atoms with van der Waals surface area (Å²) in [4.78, 5) is 0. The number of hydrogen-bond acceptors (Lipinski definition) is 2. The van der Waals surface area contributed by atoms with Crippen LogP contribution in [0.4, 0.5) is 0 Å². The van der Waals surface area contributed by atoms with Gasteiger partial charge >= 0.3 is 0 Å². The highest BCUT2D eigenvalue weighted by Gasteiger charge is 2.19. The summed E-state index contributed by atoms with van der Waals surface area (Å²) in [5, 5.41) is 11.8. The van der Waals surface area contributed by atoms with E-state index < -0.39 is 0 Å². The molecule has 2 heteroatoms. The molecule has 0 spiro atoms. The van der Waals surface area contributed by atoms with Crippen LogP contribution in [0.5, 0.6) is 0 Å². The van der Waals surface area contributed by atoms with E-state index in [0.29, 0.717) is 5.92 Å². The minimum atomic E-state index is 0.0361. The second kappa shape index (κ2) is 6.18. The van der Waals surface area contributed by atoms with E-state index in [-0.39, 0.29) is 12.1 Å². The van der Waals surface area contributed by atoms with Gasteiger partial charge in [-0.3, -0.25) is 5.32 Å². The Morgan fingerprint density at radius 3 is 2.29 bits per heavy atom. The van der Waals surface area contributed by atoms with E-state index in [1.165, 1.54) is 17.5 Å². The molecule has 0 fully saturated rings. The molecule has 1 rings (SSSR count). The fourth-order valence-corrected chi connectivity index (χ4v) is 1.97. The van der Waals surface area contributed by atoms with Crippen molar-refractivity contribution in [3.63, 3.8) is 0 Å². The van der Waals surface area contributed by atoms with E-state index in [0.717, 1.165) is 6.54 Å². The first kappa shape index (κ1) is 14.2. The van der Waals surface area contributed by atoms with Crippen molar-refractivity contribution in [2.75, 3.05) is 13.3 Å². The lowest BCUT2D eigenvalue weighted by molar-refractivity contribution is 0.247. The second-order valence-electron chi connectivity index (χ2n) is 5.40. The first-order valence-electron chi connectivity index (χ1n) is 6.43. The average molecular weight is 235 g/mol. The van der Waals surface area contributed by atoms with Crippen molar-refractivity contribution in [2.45, 2.75) is 45.4 Å². The average Bonchev–Trinajstić information content (AvgIpc) is 2.35. The fraction of sp³-hybridized carbons (Fsp3) is 0.600. The topological polar surface area (TPSA) is 32.3 Å². The highest BCUT2D eigenvalue weighted by Crippen LogP contribution is 2.25. The summed E-state index contributed by atoms with van der Waals surface area (Å²) in [6.07, 6.45) is 1.18. The molecule has 96 valence electrons. The molecule has 0 aliphatic rings. The van der Waals surface area contributed by atoms with Crippen molar-refractivity contribution in [1.82, 2.24) is 5.32 Å². The van der Waals surface area contributed by atoms with E-state index in [1.807, 2.05) is 0 Å². The lowest BCUT2D eigenvalue weighted by Gasteiger charge is -2.26. The molecule has 0 radical (unpaired) electrons. The Labute approximate surface area is 105 Å². The molecule has 1 aromatic carbocycles. The zero-order valence-corrected chi connectivity index (χ0v) is 11.5. The Morgan fingerprint density at radius 1 is 1.24 bits per heavy atom. The van der Waals surface area contributed by atoms with E-state index in [9.17, 15) is 0 Å². The first-order valence-corrected chi connectivity index (χ1v) is 6.43. The third kappa shape index (κ3) is 3.83. The lowest BCUT2D eigenvalue weighted by Crippen LogP contribution is -2.33. The summed E-state index contributed by atoms with van der Waals surface area (Å²) in [5.41, 5.74) is 2.77. The molecule has 0 aromatic heterocycles. The summed E-state index contributed by atoms with van der Waals surface area (Å²) in [6.45, 7) is 9.67. The Kier molecular flexibility index (Phi) is 5.16. The van der Waals surface area contributed by atoms with E-state index in [2.05, 4.69) is 57.3 Å². The van der Waals surface area contributed by atoms with Gasteiger partial charge in [-0.15, -0.1) is 0 Å². The normalized spacial score (nSPS) is 13.7. The van der Waals surface area contributed by atoms with Gasteiger partial charge in [0, 0.05) is 12.0 Å². The minimum absolute atomic E-state index is 0.0361. The number of benzene rings is 1. The third-order valence-corrected chi connectivity index (χ3v) is 3.55. The van der Waals surface area contributed by atoms with Crippen molar-refractivity contribution >= 4 is 0 Å². The van der Waals surface area contributed by atoms with Gasteiger partial charge in [-0.25, -0.2) is 0 Å². The molecule has 2 nitrogen and oxygen atoms in total. The SMILES string of the molecule is CCC(C)c1ccc(C(C)(C)CNCO)cc1. The van der Waals surface area contributed by atoms with Crippen molar-refractivity contribution in [3.8, 4) is 0 Å². The summed E-state index contributed by atoms with van der Waals surface area (Å²) < 4.78 is 0. The van der Waals surface area contributed by atoms with Gasteiger partial charge in [0.25, 0.3) is 0 Å². The zero-order chi connectivity index (χ0) is 12.9. The molecule has 0 saturated carbocycles. The number of aliphatic hydroxyl groups is 1. The van der Waals surface area contributed by atoms with Crippen LogP contribution in [0.25, 0.3) is 0 Å². The van der Waals surface area contributed by atoms with E-state index in [4.69, 9.17) is 5.11 Å². The Hall–Kier alpha value is -0.860. The van der Waals surface area contributed by atoms with Gasteiger partial charge in [0.1, 0.15) is 0 Å². The van der Waals surface area contributed by atoms with Gasteiger partial charge in [-0.1, -0.05) is 52.0 Å². The van der Waals surface area contributed by atoms with E-state index in [1.54, 1.807) is 0 Å². The van der Waals surface area contributed by atoms with Gasteiger partial charge in [0.2, 0.25) is 0 Å². The summed E-state index contributed by atoms with van der Waals surface area (Å²) in [6, 6.07) is 8.87. The summed E-state index contributed by atoms with van der Waals surface area (Å²) in [7, 11) is 0. The molecule has 0 bridgehead atoms. The van der Waals surface area contributed by atoms with Crippen molar-refractivity contribution in [2.24, 2.45) is 0 Å². The molecule has 2 N–H and O–H groups in total. The van der Waals surface area contributed by atoms with Crippen LogP contribution in [0, 0.1) is 0 Å². The van der Waals surface area contributed by atoms with Crippen molar-refractivity contribution in [1.29, 1.82) is 0 Å². The molecular weight excluding hydrogens is 210 g/mol. The molecule has 0 aliphatic heterocycles. The Morgan fingerprint density at radius 2 is 1.82 bits per heavy atom. The number of nitrogens with one attached hydrogen (secondary N) is 1. The molecule has 0 heterocycles. The van der Waals surface area contributed by atoms with E-state index >= 15 is 0 Å². The van der Waals surface area contributed by atoms with Crippen LogP contribution in [0.1, 0.15) is 51.2 Å². The van der Waals surface area contributed by atoms with Crippen LogP contribution in [-0.4, -0.2) is 18.4 Å². The van der Waals surface area contributed by atoms with Crippen LogP contribution in [0.15, 0.2) is 24.3 Å². The molecule has 0 amide bonds. The molecule has 1 aromatic rings. The van der Waals surface area contributed by atoms with Crippen LogP contribution < -0.4 is 5.32 Å². The smallest absolute Gasteiger partial charge is 0.0931 e. The zero-order valence-electron chi connectivity index (χ0n) is 11.5. The van der Waals surface area contributed by atoms with Crippen LogP contribution >= 0.6 is 0 Å². The largest absolute Gasteiger partial charge is 0.381 e. The number of rotatable bonds is 6. The quantitative estimate of drug-likeness (QED) is 0.743. The van der Waals surface area contributed by atoms with Crippen LogP contribution in [0.3, 0.4) is 0 Å². The summed E-state index contributed by atoms with van der Waals surface area (Å²) >= 11 is 0. The van der Waals surface area contributed by atoms with Crippen LogP contribution in [0.2, 0.25) is 0 Å². The molecule has 17 heavy (non-hydrogen) atoms. The van der Waals surface area contributed by atoms with Gasteiger partial charge in [0.05, 0.1) is 6.73 Å². The maximum atomic E-state index is 8.81. The monoisotopic (exact) mass is 235 g/mol. The maximum Gasteiger partial charge on any atom is 0.0931 e. The lowest BCUT2D eigenvalue weighted by atomic mass is 9.83. The molecule has 1 atom stereocenters. The maximum absolute atomic E-state index is 8.81. The first-order chi connectivity index (χ1) is 8.01. The molecule has 0 aliphatic carbocycles. The number of aliphatic hydroxyl groups excluding tert-OH is 1.